The lowest BCUT2D eigenvalue weighted by Crippen LogP contribution is -2.01. The van der Waals surface area contributed by atoms with Crippen LogP contribution < -0.4 is 5.32 Å². The van der Waals surface area contributed by atoms with E-state index in [0.29, 0.717) is 17.1 Å². The summed E-state index contributed by atoms with van der Waals surface area (Å²) in [7, 11) is 0. The zero-order valence-electron chi connectivity index (χ0n) is 15.3. The van der Waals surface area contributed by atoms with E-state index in [0.717, 1.165) is 27.5 Å². The topological polar surface area (TPSA) is 24.9 Å². The van der Waals surface area contributed by atoms with Crippen LogP contribution in [0.3, 0.4) is 0 Å². The molecule has 4 aromatic rings. The maximum Gasteiger partial charge on any atom is 0.132 e. The number of benzene rings is 3. The molecule has 28 heavy (non-hydrogen) atoms. The molecule has 0 aliphatic heterocycles. The molecule has 0 aliphatic carbocycles. The van der Waals surface area contributed by atoms with Crippen LogP contribution in [0.2, 0.25) is 0 Å². The van der Waals surface area contributed by atoms with Crippen LogP contribution in [0.4, 0.5) is 14.6 Å². The Kier molecular flexibility index (Phi) is 4.62. The van der Waals surface area contributed by atoms with Crippen molar-refractivity contribution in [3.8, 4) is 11.1 Å². The van der Waals surface area contributed by atoms with Crippen LogP contribution >= 0.6 is 0 Å². The molecule has 0 atom stereocenters. The number of nitrogens with zero attached hydrogens (tertiary/aromatic N) is 1. The predicted molar refractivity (Wildman–Crippen MR) is 111 cm³/mol. The Bertz CT molecular complexity index is 1200. The van der Waals surface area contributed by atoms with Gasteiger partial charge in [-0.05, 0) is 65.4 Å². The third-order valence-electron chi connectivity index (χ3n) is 4.71. The van der Waals surface area contributed by atoms with Crippen LogP contribution in [0.5, 0.6) is 0 Å². The number of nitrogens with one attached hydrogen (secondary N) is 1. The maximum absolute atomic E-state index is 13.9. The van der Waals surface area contributed by atoms with Gasteiger partial charge in [-0.25, -0.2) is 13.8 Å². The first kappa shape index (κ1) is 17.9. The molecule has 2 nitrogen and oxygen atoms in total. The Morgan fingerprint density at radius 2 is 1.75 bits per heavy atom. The number of rotatable bonds is 4. The lowest BCUT2D eigenvalue weighted by Gasteiger charge is -2.11. The third kappa shape index (κ3) is 3.49. The maximum atomic E-state index is 13.9. The molecule has 1 N–H and O–H groups in total. The van der Waals surface area contributed by atoms with Crippen LogP contribution in [0.1, 0.15) is 11.1 Å². The highest BCUT2D eigenvalue weighted by Crippen LogP contribution is 2.29. The number of pyridine rings is 1. The summed E-state index contributed by atoms with van der Waals surface area (Å²) in [5.41, 5.74) is 3.64. The highest BCUT2D eigenvalue weighted by atomic mass is 19.1. The first-order valence-corrected chi connectivity index (χ1v) is 8.88. The second-order valence-corrected chi connectivity index (χ2v) is 6.67. The Morgan fingerprint density at radius 3 is 2.57 bits per heavy atom. The van der Waals surface area contributed by atoms with Gasteiger partial charge in [0.1, 0.15) is 17.5 Å². The molecule has 0 amide bonds. The van der Waals surface area contributed by atoms with E-state index in [1.165, 1.54) is 18.2 Å². The second kappa shape index (κ2) is 7.24. The molecule has 0 bridgehead atoms. The largest absolute Gasteiger partial charge is 0.340 e. The number of anilines is 1. The molecule has 0 saturated carbocycles. The number of hydrogen-bond donors (Lipinski definition) is 1. The minimum atomic E-state index is -0.337. The van der Waals surface area contributed by atoms with Crippen molar-refractivity contribution in [2.75, 3.05) is 5.32 Å². The van der Waals surface area contributed by atoms with E-state index in [9.17, 15) is 8.78 Å². The molecule has 4 heteroatoms. The van der Waals surface area contributed by atoms with Gasteiger partial charge in [0.05, 0.1) is 0 Å². The summed E-state index contributed by atoms with van der Waals surface area (Å²) in [4.78, 5) is 4.41. The molecule has 3 aromatic carbocycles. The highest BCUT2D eigenvalue weighted by Gasteiger charge is 2.08. The van der Waals surface area contributed by atoms with E-state index < -0.39 is 0 Å². The molecule has 0 spiro atoms. The van der Waals surface area contributed by atoms with E-state index >= 15 is 0 Å². The van der Waals surface area contributed by atoms with Gasteiger partial charge in [0.15, 0.2) is 0 Å². The fourth-order valence-corrected chi connectivity index (χ4v) is 3.21. The SMILES string of the molecule is C=C(Nc1cc2ccc(-c3cc(F)ccc3C)cc2cn1)c1ccccc1F. The summed E-state index contributed by atoms with van der Waals surface area (Å²) in [6.07, 6.45) is 1.74. The average molecular weight is 372 g/mol. The third-order valence-corrected chi connectivity index (χ3v) is 4.71. The van der Waals surface area contributed by atoms with E-state index in [1.54, 1.807) is 30.5 Å². The minimum Gasteiger partial charge on any atom is -0.340 e. The monoisotopic (exact) mass is 372 g/mol. The van der Waals surface area contributed by atoms with Crippen molar-refractivity contribution >= 4 is 22.3 Å². The molecule has 138 valence electrons. The second-order valence-electron chi connectivity index (χ2n) is 6.67. The quantitative estimate of drug-likeness (QED) is 0.438. The van der Waals surface area contributed by atoms with E-state index in [-0.39, 0.29) is 11.6 Å². The van der Waals surface area contributed by atoms with Gasteiger partial charge < -0.3 is 5.32 Å². The summed E-state index contributed by atoms with van der Waals surface area (Å²) < 4.78 is 27.5. The Hall–Kier alpha value is -3.53. The van der Waals surface area contributed by atoms with Crippen LogP contribution in [-0.2, 0) is 0 Å². The summed E-state index contributed by atoms with van der Waals surface area (Å²) >= 11 is 0. The van der Waals surface area contributed by atoms with Gasteiger partial charge in [0, 0.05) is 22.8 Å². The summed E-state index contributed by atoms with van der Waals surface area (Å²) in [5, 5.41) is 4.96. The summed E-state index contributed by atoms with van der Waals surface area (Å²) in [5.74, 6) is -0.0173. The van der Waals surface area contributed by atoms with Gasteiger partial charge in [-0.15, -0.1) is 0 Å². The predicted octanol–water partition coefficient (Wildman–Crippen LogP) is 6.57. The zero-order chi connectivity index (χ0) is 19.7. The van der Waals surface area contributed by atoms with Crippen molar-refractivity contribution in [3.05, 3.63) is 102 Å². The minimum absolute atomic E-state index is 0.259. The first-order chi connectivity index (χ1) is 13.5. The Balaban J connectivity index is 1.64. The number of aryl methyl sites for hydroxylation is 1. The summed E-state index contributed by atoms with van der Waals surface area (Å²) in [6.45, 7) is 5.86. The van der Waals surface area contributed by atoms with Crippen molar-refractivity contribution < 1.29 is 8.78 Å². The normalized spacial score (nSPS) is 10.8. The first-order valence-electron chi connectivity index (χ1n) is 8.88. The standard InChI is InChI=1S/C24H18F2N2/c1-15-7-10-20(25)13-22(15)18-9-8-17-12-24(27-14-19(17)11-18)28-16(2)21-5-3-4-6-23(21)26/h3-14H,2H2,1H3,(H,27,28). The molecule has 0 fully saturated rings. The number of halogens is 2. The Morgan fingerprint density at radius 1 is 0.929 bits per heavy atom. The van der Waals surface area contributed by atoms with E-state index in [4.69, 9.17) is 0 Å². The van der Waals surface area contributed by atoms with Gasteiger partial charge in [0.2, 0.25) is 0 Å². The van der Waals surface area contributed by atoms with Crippen LogP contribution in [0.15, 0.2) is 79.5 Å². The van der Waals surface area contributed by atoms with E-state index in [2.05, 4.69) is 16.9 Å². The van der Waals surface area contributed by atoms with Gasteiger partial charge in [-0.3, -0.25) is 0 Å². The molecule has 0 unspecified atom stereocenters. The van der Waals surface area contributed by atoms with Crippen molar-refractivity contribution in [2.24, 2.45) is 0 Å². The number of hydrogen-bond acceptors (Lipinski definition) is 2. The average Bonchev–Trinajstić information content (AvgIpc) is 2.69. The molecule has 1 aromatic heterocycles. The Labute approximate surface area is 162 Å². The van der Waals surface area contributed by atoms with Gasteiger partial charge in [0.25, 0.3) is 0 Å². The van der Waals surface area contributed by atoms with Crippen molar-refractivity contribution in [1.82, 2.24) is 4.98 Å². The molecule has 0 aliphatic rings. The molecule has 0 radical (unpaired) electrons. The highest BCUT2D eigenvalue weighted by molar-refractivity contribution is 5.90. The summed E-state index contributed by atoms with van der Waals surface area (Å²) in [6, 6.07) is 19.0. The molecular weight excluding hydrogens is 354 g/mol. The van der Waals surface area contributed by atoms with Gasteiger partial charge >= 0.3 is 0 Å². The fourth-order valence-electron chi connectivity index (χ4n) is 3.21. The lowest BCUT2D eigenvalue weighted by atomic mass is 9.98. The molecular formula is C24H18F2N2. The van der Waals surface area contributed by atoms with Gasteiger partial charge in [-0.2, -0.15) is 0 Å². The zero-order valence-corrected chi connectivity index (χ0v) is 15.3. The van der Waals surface area contributed by atoms with Crippen molar-refractivity contribution in [3.63, 3.8) is 0 Å². The van der Waals surface area contributed by atoms with E-state index in [1.807, 2.05) is 31.2 Å². The van der Waals surface area contributed by atoms with Gasteiger partial charge in [-0.1, -0.05) is 36.9 Å². The van der Waals surface area contributed by atoms with Crippen LogP contribution in [-0.4, -0.2) is 4.98 Å². The van der Waals surface area contributed by atoms with Crippen LogP contribution in [0, 0.1) is 18.6 Å². The smallest absolute Gasteiger partial charge is 0.132 e. The molecule has 1 heterocycles. The number of aromatic nitrogens is 1. The van der Waals surface area contributed by atoms with Crippen LogP contribution in [0.25, 0.3) is 27.6 Å². The fraction of sp³-hybridized carbons (Fsp3) is 0.0417. The van der Waals surface area contributed by atoms with Crippen molar-refractivity contribution in [2.45, 2.75) is 6.92 Å². The molecule has 0 saturated heterocycles. The lowest BCUT2D eigenvalue weighted by molar-refractivity contribution is 0.624. The van der Waals surface area contributed by atoms with Crippen molar-refractivity contribution in [1.29, 1.82) is 0 Å². The molecule has 4 rings (SSSR count). The number of fused-ring (bicyclic) bond motifs is 1.